The van der Waals surface area contributed by atoms with Crippen molar-refractivity contribution in [1.82, 2.24) is 0 Å². The molecule has 0 spiro atoms. The Kier molecular flexibility index (Phi) is 1.85. The summed E-state index contributed by atoms with van der Waals surface area (Å²) >= 11 is 0. The van der Waals surface area contributed by atoms with Gasteiger partial charge in [0.05, 0.1) is 5.56 Å². The van der Waals surface area contributed by atoms with Crippen LogP contribution in [0.25, 0.3) is 0 Å². The van der Waals surface area contributed by atoms with Crippen LogP contribution < -0.4 is 11.1 Å². The second kappa shape index (κ2) is 3.02. The number of cyclic esters (lactones) is 1. The largest absolute Gasteiger partial charge is 0.457 e. The lowest BCUT2D eigenvalue weighted by atomic mass is 10.1. The van der Waals surface area contributed by atoms with Gasteiger partial charge in [0.2, 0.25) is 0 Å². The Morgan fingerprint density at radius 2 is 2.29 bits per heavy atom. The molecule has 0 atom stereocenters. The summed E-state index contributed by atoms with van der Waals surface area (Å²) in [5, 5.41) is 2.39. The Morgan fingerprint density at radius 3 is 3.00 bits per heavy atom. The second-order valence-electron chi connectivity index (χ2n) is 2.94. The molecule has 1 heterocycles. The molecule has 0 saturated carbocycles. The molecule has 1 aromatic rings. The molecule has 0 bridgehead atoms. The molecule has 14 heavy (non-hydrogen) atoms. The molecule has 0 aromatic heterocycles. The van der Waals surface area contributed by atoms with Crippen molar-refractivity contribution < 1.29 is 14.3 Å². The van der Waals surface area contributed by atoms with Gasteiger partial charge in [0.25, 0.3) is 0 Å². The minimum Gasteiger partial charge on any atom is -0.457 e. The smallest absolute Gasteiger partial charge is 0.338 e. The number of fused-ring (bicyclic) bond motifs is 1. The number of primary amides is 1. The van der Waals surface area contributed by atoms with E-state index in [0.717, 1.165) is 5.56 Å². The first kappa shape index (κ1) is 8.55. The number of nitrogens with two attached hydrogens (primary N) is 1. The summed E-state index contributed by atoms with van der Waals surface area (Å²) in [6.45, 7) is 0.297. The summed E-state index contributed by atoms with van der Waals surface area (Å²) in [5.74, 6) is -0.367. The van der Waals surface area contributed by atoms with E-state index in [4.69, 9.17) is 10.5 Å². The van der Waals surface area contributed by atoms with E-state index in [1.165, 1.54) is 0 Å². The molecule has 1 aliphatic heterocycles. The van der Waals surface area contributed by atoms with Crippen LogP contribution in [0.2, 0.25) is 0 Å². The maximum atomic E-state index is 11.1. The number of carbonyl (C=O) groups excluding carboxylic acids is 2. The summed E-state index contributed by atoms with van der Waals surface area (Å²) in [5.41, 5.74) is 6.74. The minimum atomic E-state index is -0.656. The van der Waals surface area contributed by atoms with Crippen molar-refractivity contribution in [3.05, 3.63) is 29.3 Å². The second-order valence-corrected chi connectivity index (χ2v) is 2.94. The summed E-state index contributed by atoms with van der Waals surface area (Å²) in [4.78, 5) is 21.7. The van der Waals surface area contributed by atoms with Crippen LogP contribution in [0.5, 0.6) is 0 Å². The molecule has 0 unspecified atom stereocenters. The van der Waals surface area contributed by atoms with Gasteiger partial charge >= 0.3 is 12.0 Å². The maximum Gasteiger partial charge on any atom is 0.338 e. The van der Waals surface area contributed by atoms with Gasteiger partial charge in [-0.15, -0.1) is 0 Å². The number of urea groups is 1. The third-order valence-corrected chi connectivity index (χ3v) is 1.96. The molecule has 0 aliphatic carbocycles. The highest BCUT2D eigenvalue weighted by molar-refractivity contribution is 5.96. The van der Waals surface area contributed by atoms with Crippen LogP contribution in [0, 0.1) is 0 Å². The quantitative estimate of drug-likeness (QED) is 0.647. The molecule has 3 N–H and O–H groups in total. The van der Waals surface area contributed by atoms with Crippen molar-refractivity contribution in [1.29, 1.82) is 0 Å². The summed E-state index contributed by atoms with van der Waals surface area (Å²) in [7, 11) is 0. The molecule has 0 saturated heterocycles. The summed E-state index contributed by atoms with van der Waals surface area (Å²) in [6, 6.07) is 4.29. The summed E-state index contributed by atoms with van der Waals surface area (Å²) < 4.78 is 4.80. The van der Waals surface area contributed by atoms with Crippen molar-refractivity contribution in [2.24, 2.45) is 5.73 Å². The van der Waals surface area contributed by atoms with Crippen molar-refractivity contribution in [3.8, 4) is 0 Å². The monoisotopic (exact) mass is 192 g/mol. The zero-order chi connectivity index (χ0) is 10.1. The van der Waals surface area contributed by atoms with Crippen LogP contribution >= 0.6 is 0 Å². The molecule has 2 rings (SSSR count). The summed E-state index contributed by atoms with van der Waals surface area (Å²) in [6.07, 6.45) is 0. The lowest BCUT2D eigenvalue weighted by molar-refractivity contribution is 0.0535. The highest BCUT2D eigenvalue weighted by Gasteiger charge is 2.21. The van der Waals surface area contributed by atoms with Crippen LogP contribution in [-0.4, -0.2) is 12.0 Å². The molecule has 1 aliphatic rings. The highest BCUT2D eigenvalue weighted by Crippen LogP contribution is 2.22. The Bertz CT molecular complexity index is 415. The van der Waals surface area contributed by atoms with Crippen molar-refractivity contribution in [2.75, 3.05) is 5.32 Å². The third kappa shape index (κ3) is 1.39. The zero-order valence-corrected chi connectivity index (χ0v) is 7.24. The lowest BCUT2D eigenvalue weighted by Gasteiger charge is -2.01. The molecule has 5 heteroatoms. The first-order chi connectivity index (χ1) is 6.66. The number of rotatable bonds is 1. The Balaban J connectivity index is 2.35. The van der Waals surface area contributed by atoms with E-state index in [-0.39, 0.29) is 5.97 Å². The van der Waals surface area contributed by atoms with Gasteiger partial charge in [0.1, 0.15) is 6.61 Å². The van der Waals surface area contributed by atoms with E-state index in [9.17, 15) is 9.59 Å². The number of hydrogen-bond acceptors (Lipinski definition) is 3. The maximum absolute atomic E-state index is 11.1. The number of hydrogen-bond donors (Lipinski definition) is 2. The van der Waals surface area contributed by atoms with Crippen LogP contribution in [0.1, 0.15) is 15.9 Å². The van der Waals surface area contributed by atoms with Crippen molar-refractivity contribution in [3.63, 3.8) is 0 Å². The van der Waals surface area contributed by atoms with Crippen LogP contribution in [0.15, 0.2) is 18.2 Å². The minimum absolute atomic E-state index is 0.297. The average molecular weight is 192 g/mol. The molecule has 2 amide bonds. The third-order valence-electron chi connectivity index (χ3n) is 1.96. The van der Waals surface area contributed by atoms with Crippen molar-refractivity contribution in [2.45, 2.75) is 6.61 Å². The standard InChI is InChI=1S/C9H8N2O3/c10-9(13)11-6-2-1-5-4-14-8(12)7(5)3-6/h1-3H,4H2,(H3,10,11,13). The normalized spacial score (nSPS) is 13.3. The van der Waals surface area contributed by atoms with E-state index < -0.39 is 6.03 Å². The Morgan fingerprint density at radius 1 is 1.50 bits per heavy atom. The van der Waals surface area contributed by atoms with Gasteiger partial charge in [-0.2, -0.15) is 0 Å². The van der Waals surface area contributed by atoms with Gasteiger partial charge in [0.15, 0.2) is 0 Å². The fraction of sp³-hybridized carbons (Fsp3) is 0.111. The van der Waals surface area contributed by atoms with E-state index >= 15 is 0 Å². The predicted molar refractivity (Wildman–Crippen MR) is 48.8 cm³/mol. The van der Waals surface area contributed by atoms with E-state index in [1.54, 1.807) is 18.2 Å². The topological polar surface area (TPSA) is 81.4 Å². The first-order valence-corrected chi connectivity index (χ1v) is 4.03. The highest BCUT2D eigenvalue weighted by atomic mass is 16.5. The molecular weight excluding hydrogens is 184 g/mol. The van der Waals surface area contributed by atoms with Crippen molar-refractivity contribution >= 4 is 17.7 Å². The molecule has 1 aromatic carbocycles. The molecule has 0 fully saturated rings. The van der Waals surface area contributed by atoms with Crippen LogP contribution in [0.3, 0.4) is 0 Å². The number of nitrogens with one attached hydrogen (secondary N) is 1. The Labute approximate surface area is 79.8 Å². The number of carbonyl (C=O) groups is 2. The van der Waals surface area contributed by atoms with Gasteiger partial charge in [-0.1, -0.05) is 6.07 Å². The lowest BCUT2D eigenvalue weighted by Crippen LogP contribution is -2.19. The molecule has 5 nitrogen and oxygen atoms in total. The van der Waals surface area contributed by atoms with E-state index in [2.05, 4.69) is 5.32 Å². The number of esters is 1. The van der Waals surface area contributed by atoms with Gasteiger partial charge in [-0.05, 0) is 12.1 Å². The van der Waals surface area contributed by atoms with E-state index in [1.807, 2.05) is 0 Å². The van der Waals surface area contributed by atoms with Gasteiger partial charge in [-0.3, -0.25) is 0 Å². The Hall–Kier alpha value is -2.04. The van der Waals surface area contributed by atoms with Crippen LogP contribution in [-0.2, 0) is 11.3 Å². The fourth-order valence-electron chi connectivity index (χ4n) is 1.33. The number of ether oxygens (including phenoxy) is 1. The van der Waals surface area contributed by atoms with Gasteiger partial charge in [-0.25, -0.2) is 9.59 Å². The number of anilines is 1. The SMILES string of the molecule is NC(=O)Nc1ccc2c(c1)C(=O)OC2. The fourth-order valence-corrected chi connectivity index (χ4v) is 1.33. The van der Waals surface area contributed by atoms with Crippen LogP contribution in [0.4, 0.5) is 10.5 Å². The predicted octanol–water partition coefficient (Wildman–Crippen LogP) is 0.848. The number of amides is 2. The molecular formula is C9H8N2O3. The number of benzene rings is 1. The van der Waals surface area contributed by atoms with Gasteiger partial charge in [0, 0.05) is 11.3 Å². The molecule has 0 radical (unpaired) electrons. The average Bonchev–Trinajstić information content (AvgIpc) is 2.47. The molecule has 72 valence electrons. The van der Waals surface area contributed by atoms with Gasteiger partial charge < -0.3 is 15.8 Å². The first-order valence-electron chi connectivity index (χ1n) is 4.03. The van der Waals surface area contributed by atoms with E-state index in [0.29, 0.717) is 17.9 Å². The zero-order valence-electron chi connectivity index (χ0n) is 7.24.